The first-order chi connectivity index (χ1) is 10.6. The average Bonchev–Trinajstić information content (AvgIpc) is 2.89. The molecule has 0 aliphatic carbocycles. The molecule has 22 heavy (non-hydrogen) atoms. The predicted octanol–water partition coefficient (Wildman–Crippen LogP) is 4.68. The molecule has 1 aromatic heterocycles. The molecule has 0 spiro atoms. The van der Waals surface area contributed by atoms with Crippen LogP contribution in [-0.2, 0) is 6.61 Å². The van der Waals surface area contributed by atoms with E-state index in [-0.39, 0.29) is 12.4 Å². The fourth-order valence-corrected chi connectivity index (χ4v) is 2.92. The van der Waals surface area contributed by atoms with Crippen molar-refractivity contribution < 1.29 is 13.5 Å². The van der Waals surface area contributed by atoms with Gasteiger partial charge >= 0.3 is 0 Å². The van der Waals surface area contributed by atoms with Gasteiger partial charge in [-0.2, -0.15) is 5.26 Å². The molecular formula is C15H7ClF2N2OS. The Balaban J connectivity index is 1.84. The molecule has 1 heterocycles. The molecule has 3 aromatic rings. The van der Waals surface area contributed by atoms with Gasteiger partial charge in [0.1, 0.15) is 29.1 Å². The number of nitrogens with zero attached hydrogens (tertiary/aromatic N) is 2. The van der Waals surface area contributed by atoms with Crippen LogP contribution in [0.15, 0.2) is 30.3 Å². The number of nitriles is 1. The van der Waals surface area contributed by atoms with Crippen LogP contribution in [0, 0.1) is 23.0 Å². The van der Waals surface area contributed by atoms with Gasteiger partial charge in [-0.1, -0.05) is 11.6 Å². The minimum Gasteiger partial charge on any atom is -0.483 e. The summed E-state index contributed by atoms with van der Waals surface area (Å²) in [4.78, 5) is 4.33. The zero-order valence-electron chi connectivity index (χ0n) is 10.9. The number of thiazole rings is 1. The second-order valence-electron chi connectivity index (χ2n) is 4.35. The molecule has 0 atom stereocenters. The number of ether oxygens (including phenoxy) is 1. The SMILES string of the molecule is N#Cc1c(F)ccc(OCc2nc3cc(Cl)ccc3s2)c1F. The fraction of sp³-hybridized carbons (Fsp3) is 0.0667. The molecule has 0 radical (unpaired) electrons. The van der Waals surface area contributed by atoms with E-state index in [2.05, 4.69) is 4.98 Å². The van der Waals surface area contributed by atoms with E-state index in [9.17, 15) is 8.78 Å². The van der Waals surface area contributed by atoms with E-state index < -0.39 is 17.2 Å². The van der Waals surface area contributed by atoms with Gasteiger partial charge in [-0.25, -0.2) is 13.8 Å². The molecule has 0 N–H and O–H groups in total. The van der Waals surface area contributed by atoms with Gasteiger partial charge in [0.2, 0.25) is 0 Å². The maximum absolute atomic E-state index is 13.9. The molecule has 2 aromatic carbocycles. The van der Waals surface area contributed by atoms with Crippen molar-refractivity contribution in [2.75, 3.05) is 0 Å². The summed E-state index contributed by atoms with van der Waals surface area (Å²) in [5.41, 5.74) is 0.0713. The highest BCUT2D eigenvalue weighted by molar-refractivity contribution is 7.18. The Bertz CT molecular complexity index is 904. The Labute approximate surface area is 133 Å². The van der Waals surface area contributed by atoms with Gasteiger partial charge in [0.25, 0.3) is 0 Å². The molecule has 3 rings (SSSR count). The first kappa shape index (κ1) is 14.7. The van der Waals surface area contributed by atoms with E-state index in [1.165, 1.54) is 17.4 Å². The Morgan fingerprint density at radius 1 is 1.27 bits per heavy atom. The van der Waals surface area contributed by atoms with E-state index in [4.69, 9.17) is 21.6 Å². The standard InChI is InChI=1S/C15H7ClF2N2OS/c16-8-1-4-13-11(5-8)20-14(22-13)7-21-12-3-2-10(17)9(6-19)15(12)18/h1-5H,7H2. The molecule has 0 bridgehead atoms. The summed E-state index contributed by atoms with van der Waals surface area (Å²) in [6, 6.07) is 8.94. The number of hydrogen-bond acceptors (Lipinski definition) is 4. The highest BCUT2D eigenvalue weighted by atomic mass is 35.5. The summed E-state index contributed by atoms with van der Waals surface area (Å²) >= 11 is 7.28. The molecule has 110 valence electrons. The average molecular weight is 337 g/mol. The highest BCUT2D eigenvalue weighted by Gasteiger charge is 2.15. The summed E-state index contributed by atoms with van der Waals surface area (Å²) < 4.78 is 33.3. The molecule has 0 unspecified atom stereocenters. The molecule has 0 fully saturated rings. The van der Waals surface area contributed by atoms with E-state index in [0.29, 0.717) is 10.0 Å². The van der Waals surface area contributed by atoms with Crippen molar-refractivity contribution in [1.29, 1.82) is 5.26 Å². The summed E-state index contributed by atoms with van der Waals surface area (Å²) in [6.07, 6.45) is 0. The van der Waals surface area contributed by atoms with Gasteiger partial charge in [0.15, 0.2) is 11.6 Å². The maximum atomic E-state index is 13.9. The minimum absolute atomic E-state index is 0.0182. The third kappa shape index (κ3) is 2.73. The maximum Gasteiger partial charge on any atom is 0.185 e. The van der Waals surface area contributed by atoms with Crippen LogP contribution in [0.2, 0.25) is 5.02 Å². The van der Waals surface area contributed by atoms with Crippen molar-refractivity contribution in [3.63, 3.8) is 0 Å². The zero-order valence-corrected chi connectivity index (χ0v) is 12.5. The topological polar surface area (TPSA) is 45.9 Å². The number of rotatable bonds is 3. The van der Waals surface area contributed by atoms with E-state index >= 15 is 0 Å². The smallest absolute Gasteiger partial charge is 0.185 e. The minimum atomic E-state index is -1.01. The molecule has 7 heteroatoms. The third-order valence-corrected chi connectivity index (χ3v) is 4.16. The van der Waals surface area contributed by atoms with Crippen LogP contribution in [-0.4, -0.2) is 4.98 Å². The quantitative estimate of drug-likeness (QED) is 0.697. The van der Waals surface area contributed by atoms with Gasteiger partial charge in [0.05, 0.1) is 10.2 Å². The molecular weight excluding hydrogens is 330 g/mol. The van der Waals surface area contributed by atoms with Crippen molar-refractivity contribution in [3.05, 3.63) is 57.6 Å². The van der Waals surface area contributed by atoms with Crippen LogP contribution in [0.4, 0.5) is 8.78 Å². The lowest BCUT2D eigenvalue weighted by Gasteiger charge is -2.06. The van der Waals surface area contributed by atoms with Crippen molar-refractivity contribution >= 4 is 33.2 Å². The van der Waals surface area contributed by atoms with Gasteiger partial charge in [-0.15, -0.1) is 11.3 Å². The zero-order chi connectivity index (χ0) is 15.7. The summed E-state index contributed by atoms with van der Waals surface area (Å²) in [5.74, 6) is -2.11. The van der Waals surface area contributed by atoms with Crippen molar-refractivity contribution in [3.8, 4) is 11.8 Å². The van der Waals surface area contributed by atoms with Crippen molar-refractivity contribution in [2.45, 2.75) is 6.61 Å². The van der Waals surface area contributed by atoms with Gasteiger partial charge in [-0.3, -0.25) is 0 Å². The number of benzene rings is 2. The summed E-state index contributed by atoms with van der Waals surface area (Å²) in [7, 11) is 0. The van der Waals surface area contributed by atoms with E-state index in [1.54, 1.807) is 12.1 Å². The van der Waals surface area contributed by atoms with Crippen LogP contribution in [0.5, 0.6) is 5.75 Å². The Morgan fingerprint density at radius 3 is 2.86 bits per heavy atom. The molecule has 0 saturated carbocycles. The monoisotopic (exact) mass is 336 g/mol. The summed E-state index contributed by atoms with van der Waals surface area (Å²) in [5, 5.41) is 9.92. The first-order valence-corrected chi connectivity index (χ1v) is 7.34. The predicted molar refractivity (Wildman–Crippen MR) is 80.0 cm³/mol. The van der Waals surface area contributed by atoms with E-state index in [1.807, 2.05) is 6.07 Å². The number of hydrogen-bond donors (Lipinski definition) is 0. The Hall–Kier alpha value is -2.23. The molecule has 0 saturated heterocycles. The lowest BCUT2D eigenvalue weighted by atomic mass is 10.2. The van der Waals surface area contributed by atoms with Crippen LogP contribution >= 0.6 is 22.9 Å². The normalized spacial score (nSPS) is 10.6. The first-order valence-electron chi connectivity index (χ1n) is 6.14. The lowest BCUT2D eigenvalue weighted by Crippen LogP contribution is -2.00. The van der Waals surface area contributed by atoms with Gasteiger partial charge < -0.3 is 4.74 Å². The highest BCUT2D eigenvalue weighted by Crippen LogP contribution is 2.27. The van der Waals surface area contributed by atoms with Crippen LogP contribution in [0.3, 0.4) is 0 Å². The second-order valence-corrected chi connectivity index (χ2v) is 5.91. The lowest BCUT2D eigenvalue weighted by molar-refractivity contribution is 0.288. The van der Waals surface area contributed by atoms with Crippen LogP contribution in [0.25, 0.3) is 10.2 Å². The molecule has 3 nitrogen and oxygen atoms in total. The van der Waals surface area contributed by atoms with Gasteiger partial charge in [-0.05, 0) is 30.3 Å². The molecule has 0 amide bonds. The number of halogens is 3. The van der Waals surface area contributed by atoms with Crippen LogP contribution in [0.1, 0.15) is 10.6 Å². The number of aromatic nitrogens is 1. The molecule has 0 aliphatic rings. The third-order valence-electron chi connectivity index (χ3n) is 2.91. The fourth-order valence-electron chi connectivity index (χ4n) is 1.90. The number of fused-ring (bicyclic) bond motifs is 1. The Kier molecular flexibility index (Phi) is 3.92. The Morgan fingerprint density at radius 2 is 2.09 bits per heavy atom. The largest absolute Gasteiger partial charge is 0.483 e. The van der Waals surface area contributed by atoms with Crippen molar-refractivity contribution in [1.82, 2.24) is 4.98 Å². The second kappa shape index (κ2) is 5.87. The van der Waals surface area contributed by atoms with Crippen LogP contribution < -0.4 is 4.74 Å². The summed E-state index contributed by atoms with van der Waals surface area (Å²) in [6.45, 7) is 0.0182. The van der Waals surface area contributed by atoms with E-state index in [0.717, 1.165) is 22.3 Å². The molecule has 0 aliphatic heterocycles. The van der Waals surface area contributed by atoms with Crippen molar-refractivity contribution in [2.24, 2.45) is 0 Å². The van der Waals surface area contributed by atoms with Gasteiger partial charge in [0, 0.05) is 5.02 Å².